The van der Waals surface area contributed by atoms with Crippen LogP contribution in [0.4, 0.5) is 0 Å². The van der Waals surface area contributed by atoms with Crippen LogP contribution in [0, 0.1) is 0 Å². The molecular weight excluding hydrogens is 215 g/mol. The molecule has 1 aliphatic heterocycles. The molecule has 2 heterocycles. The molecule has 90 valence electrons. The van der Waals surface area contributed by atoms with Crippen molar-refractivity contribution in [3.05, 3.63) is 30.9 Å². The van der Waals surface area contributed by atoms with Gasteiger partial charge >= 0.3 is 7.12 Å². The fraction of sp³-hybridized carbons (Fsp3) is 0.500. The van der Waals surface area contributed by atoms with E-state index in [1.807, 2.05) is 27.7 Å². The second-order valence-electron chi connectivity index (χ2n) is 5.24. The van der Waals surface area contributed by atoms with Crippen LogP contribution >= 0.6 is 0 Å². The minimum absolute atomic E-state index is 0.351. The summed E-state index contributed by atoms with van der Waals surface area (Å²) in [5.74, 6) is 0. The predicted molar refractivity (Wildman–Crippen MR) is 67.1 cm³/mol. The Hall–Kier alpha value is -1.20. The summed E-state index contributed by atoms with van der Waals surface area (Å²) in [5.41, 5.74) is 0.891. The van der Waals surface area contributed by atoms with Crippen LogP contribution in [0.2, 0.25) is 0 Å². The van der Waals surface area contributed by atoms with Crippen LogP contribution in [0.5, 0.6) is 0 Å². The Bertz CT molecular complexity index is 415. The van der Waals surface area contributed by atoms with E-state index in [1.165, 1.54) is 6.33 Å². The number of hydrogen-bond donors (Lipinski definition) is 0. The van der Waals surface area contributed by atoms with E-state index in [0.717, 1.165) is 11.0 Å². The Morgan fingerprint density at radius 2 is 1.59 bits per heavy atom. The van der Waals surface area contributed by atoms with Gasteiger partial charge in [0.15, 0.2) is 0 Å². The lowest BCUT2D eigenvalue weighted by Gasteiger charge is -2.32. The zero-order valence-electron chi connectivity index (χ0n) is 10.7. The van der Waals surface area contributed by atoms with E-state index in [-0.39, 0.29) is 11.2 Å². The van der Waals surface area contributed by atoms with Crippen LogP contribution in [0.15, 0.2) is 25.3 Å². The van der Waals surface area contributed by atoms with Gasteiger partial charge in [-0.15, -0.1) is 0 Å². The first kappa shape index (κ1) is 12.3. The lowest BCUT2D eigenvalue weighted by atomic mass is 9.76. The highest BCUT2D eigenvalue weighted by molar-refractivity contribution is 6.68. The summed E-state index contributed by atoms with van der Waals surface area (Å²) >= 11 is 0. The summed E-state index contributed by atoms with van der Waals surface area (Å²) in [4.78, 5) is 7.93. The average Bonchev–Trinajstić information content (AvgIpc) is 2.48. The number of hydrogen-bond acceptors (Lipinski definition) is 4. The molecular formula is C12H17BN2O2. The van der Waals surface area contributed by atoms with Crippen LogP contribution in [0.3, 0.4) is 0 Å². The normalized spacial score (nSPS) is 21.5. The van der Waals surface area contributed by atoms with E-state index in [0.29, 0.717) is 0 Å². The van der Waals surface area contributed by atoms with Crippen molar-refractivity contribution < 1.29 is 9.31 Å². The highest BCUT2D eigenvalue weighted by atomic mass is 16.7. The number of nitrogens with zero attached hydrogens (tertiary/aromatic N) is 2. The minimum Gasteiger partial charge on any atom is -0.399 e. The Morgan fingerprint density at radius 3 is 2.06 bits per heavy atom. The smallest absolute Gasteiger partial charge is 0.399 e. The largest absolute Gasteiger partial charge is 0.494 e. The molecule has 0 spiro atoms. The first-order valence-corrected chi connectivity index (χ1v) is 5.63. The molecule has 1 fully saturated rings. The first-order valence-electron chi connectivity index (χ1n) is 5.63. The molecule has 4 nitrogen and oxygen atoms in total. The van der Waals surface area contributed by atoms with Crippen molar-refractivity contribution in [1.29, 1.82) is 0 Å². The van der Waals surface area contributed by atoms with Crippen LogP contribution in [-0.2, 0) is 9.31 Å². The molecule has 0 atom stereocenters. The van der Waals surface area contributed by atoms with Gasteiger partial charge in [-0.1, -0.05) is 6.58 Å². The van der Waals surface area contributed by atoms with Crippen molar-refractivity contribution in [3.8, 4) is 0 Å². The highest BCUT2D eigenvalue weighted by Gasteiger charge is 2.52. The fourth-order valence-corrected chi connectivity index (χ4v) is 1.59. The molecule has 0 bridgehead atoms. The van der Waals surface area contributed by atoms with Crippen molar-refractivity contribution >= 4 is 12.6 Å². The summed E-state index contributed by atoms with van der Waals surface area (Å²) in [6.07, 6.45) is 4.90. The van der Waals surface area contributed by atoms with Crippen LogP contribution in [-0.4, -0.2) is 28.3 Å². The van der Waals surface area contributed by atoms with E-state index in [4.69, 9.17) is 9.31 Å². The van der Waals surface area contributed by atoms with Gasteiger partial charge in [-0.25, -0.2) is 9.97 Å². The number of rotatable bonds is 2. The van der Waals surface area contributed by atoms with Crippen LogP contribution in [0.25, 0.3) is 5.47 Å². The van der Waals surface area contributed by atoms with Crippen molar-refractivity contribution in [2.75, 3.05) is 0 Å². The van der Waals surface area contributed by atoms with E-state index in [2.05, 4.69) is 16.5 Å². The maximum atomic E-state index is 5.90. The molecule has 5 heteroatoms. The Morgan fingerprint density at radius 1 is 1.12 bits per heavy atom. The molecule has 2 rings (SSSR count). The average molecular weight is 232 g/mol. The lowest BCUT2D eigenvalue weighted by molar-refractivity contribution is 0.00578. The Kier molecular flexibility index (Phi) is 2.83. The van der Waals surface area contributed by atoms with E-state index in [1.54, 1.807) is 12.4 Å². The Balaban J connectivity index is 2.20. The van der Waals surface area contributed by atoms with Crippen molar-refractivity contribution in [1.82, 2.24) is 9.97 Å². The summed E-state index contributed by atoms with van der Waals surface area (Å²) in [5, 5.41) is 0. The van der Waals surface area contributed by atoms with Gasteiger partial charge in [0.2, 0.25) is 0 Å². The zero-order chi connectivity index (χ0) is 12.7. The van der Waals surface area contributed by atoms with Crippen molar-refractivity contribution in [2.24, 2.45) is 0 Å². The zero-order valence-corrected chi connectivity index (χ0v) is 10.7. The summed E-state index contributed by atoms with van der Waals surface area (Å²) < 4.78 is 11.8. The minimum atomic E-state index is -0.439. The third kappa shape index (κ3) is 2.12. The molecule has 1 aromatic heterocycles. The molecule has 0 aliphatic carbocycles. The van der Waals surface area contributed by atoms with Crippen LogP contribution in [0.1, 0.15) is 33.3 Å². The van der Waals surface area contributed by atoms with Crippen LogP contribution < -0.4 is 0 Å². The van der Waals surface area contributed by atoms with Gasteiger partial charge < -0.3 is 9.31 Å². The molecule has 1 aromatic rings. The summed E-state index contributed by atoms with van der Waals surface area (Å²) in [6, 6.07) is 0. The first-order chi connectivity index (χ1) is 7.83. The van der Waals surface area contributed by atoms with Gasteiger partial charge in [-0.05, 0) is 33.2 Å². The van der Waals surface area contributed by atoms with Gasteiger partial charge in [0.05, 0.1) is 11.2 Å². The third-order valence-electron chi connectivity index (χ3n) is 3.47. The SMILES string of the molecule is C=C(B1OC(C)(C)C(C)(C)O1)c1cncnc1. The molecule has 0 amide bonds. The maximum absolute atomic E-state index is 5.90. The molecule has 0 N–H and O–H groups in total. The van der Waals surface area contributed by atoms with Crippen molar-refractivity contribution in [2.45, 2.75) is 38.9 Å². The quantitative estimate of drug-likeness (QED) is 0.732. The summed E-state index contributed by atoms with van der Waals surface area (Å²) in [6.45, 7) is 12.1. The van der Waals surface area contributed by atoms with Crippen molar-refractivity contribution in [3.63, 3.8) is 0 Å². The van der Waals surface area contributed by atoms with Gasteiger partial charge in [0.1, 0.15) is 6.33 Å². The molecule has 17 heavy (non-hydrogen) atoms. The molecule has 1 aliphatic rings. The molecule has 0 aromatic carbocycles. The maximum Gasteiger partial charge on any atom is 0.494 e. The fourth-order valence-electron chi connectivity index (χ4n) is 1.59. The Labute approximate surface area is 102 Å². The predicted octanol–water partition coefficient (Wildman–Crippen LogP) is 2.12. The van der Waals surface area contributed by atoms with Gasteiger partial charge in [-0.2, -0.15) is 0 Å². The van der Waals surface area contributed by atoms with Gasteiger partial charge in [0.25, 0.3) is 0 Å². The molecule has 0 unspecified atom stereocenters. The van der Waals surface area contributed by atoms with E-state index in [9.17, 15) is 0 Å². The standard InChI is InChI=1S/C12H17BN2O2/c1-9(10-6-14-8-15-7-10)13-16-11(2,3)12(4,5)17-13/h6-8H,1H2,2-5H3. The lowest BCUT2D eigenvalue weighted by Crippen LogP contribution is -2.41. The monoisotopic (exact) mass is 232 g/mol. The number of aromatic nitrogens is 2. The van der Waals surface area contributed by atoms with Gasteiger partial charge in [0, 0.05) is 18.0 Å². The van der Waals surface area contributed by atoms with E-state index >= 15 is 0 Å². The molecule has 0 saturated carbocycles. The second-order valence-corrected chi connectivity index (χ2v) is 5.24. The molecule has 1 saturated heterocycles. The topological polar surface area (TPSA) is 44.2 Å². The second kappa shape index (κ2) is 3.93. The molecule has 0 radical (unpaired) electrons. The van der Waals surface area contributed by atoms with E-state index < -0.39 is 7.12 Å². The van der Waals surface area contributed by atoms with Gasteiger partial charge in [-0.3, -0.25) is 0 Å². The highest BCUT2D eigenvalue weighted by Crippen LogP contribution is 2.39. The third-order valence-corrected chi connectivity index (χ3v) is 3.47. The summed E-state index contributed by atoms with van der Waals surface area (Å²) in [7, 11) is -0.439.